The van der Waals surface area contributed by atoms with Gasteiger partial charge in [-0.2, -0.15) is 0 Å². The van der Waals surface area contributed by atoms with E-state index in [1.165, 1.54) is 18.9 Å². The number of hydrogen-bond donors (Lipinski definition) is 2. The first kappa shape index (κ1) is 19.8. The molecule has 7 heteroatoms. The van der Waals surface area contributed by atoms with Gasteiger partial charge in [0.25, 0.3) is 0 Å². The first-order valence-corrected chi connectivity index (χ1v) is 9.21. The molecule has 26 heavy (non-hydrogen) atoms. The van der Waals surface area contributed by atoms with E-state index in [-0.39, 0.29) is 6.54 Å². The third kappa shape index (κ3) is 5.00. The second kappa shape index (κ2) is 9.84. The number of nitrogens with one attached hydrogen (secondary N) is 2. The fourth-order valence-electron chi connectivity index (χ4n) is 2.45. The first-order chi connectivity index (χ1) is 12.6. The van der Waals surface area contributed by atoms with Gasteiger partial charge in [-0.3, -0.25) is 9.59 Å². The number of carbonyl (C=O) groups is 2. The Balaban J connectivity index is 1.99. The summed E-state index contributed by atoms with van der Waals surface area (Å²) in [5.74, 6) is -0.786. The van der Waals surface area contributed by atoms with Crippen molar-refractivity contribution in [3.63, 3.8) is 0 Å². The van der Waals surface area contributed by atoms with Crippen molar-refractivity contribution < 1.29 is 19.1 Å². The third-order valence-corrected chi connectivity index (χ3v) is 4.58. The number of carbonyl (C=O) groups excluding carboxylic acids is 2. The Morgan fingerprint density at radius 2 is 1.73 bits per heavy atom. The second-order valence-electron chi connectivity index (χ2n) is 5.33. The van der Waals surface area contributed by atoms with Crippen LogP contribution in [0.4, 0.5) is 5.69 Å². The summed E-state index contributed by atoms with van der Waals surface area (Å²) >= 11 is 1.49. The number of thioether (sulfide) groups is 1. The van der Waals surface area contributed by atoms with Crippen LogP contribution < -0.4 is 15.4 Å². The summed E-state index contributed by atoms with van der Waals surface area (Å²) in [6.07, 6.45) is 1.47. The van der Waals surface area contributed by atoms with Crippen LogP contribution in [-0.2, 0) is 14.3 Å². The van der Waals surface area contributed by atoms with Crippen molar-refractivity contribution in [3.05, 3.63) is 54.1 Å². The molecular formula is C19H22N2O4S. The van der Waals surface area contributed by atoms with Crippen LogP contribution >= 0.6 is 11.8 Å². The lowest BCUT2D eigenvalue weighted by Crippen LogP contribution is -2.38. The highest BCUT2D eigenvalue weighted by Crippen LogP contribution is 2.26. The zero-order valence-electron chi connectivity index (χ0n) is 14.9. The summed E-state index contributed by atoms with van der Waals surface area (Å²) in [7, 11) is 3.11. The Morgan fingerprint density at radius 1 is 1.04 bits per heavy atom. The highest BCUT2D eigenvalue weighted by atomic mass is 32.2. The van der Waals surface area contributed by atoms with Gasteiger partial charge in [0, 0.05) is 24.1 Å². The van der Waals surface area contributed by atoms with E-state index in [1.54, 1.807) is 19.2 Å². The van der Waals surface area contributed by atoms with Crippen molar-refractivity contribution in [2.24, 2.45) is 0 Å². The molecule has 0 radical (unpaired) electrons. The Kier molecular flexibility index (Phi) is 7.50. The molecule has 2 N–H and O–H groups in total. The van der Waals surface area contributed by atoms with Crippen LogP contribution in [-0.4, -0.2) is 38.8 Å². The van der Waals surface area contributed by atoms with E-state index >= 15 is 0 Å². The molecule has 2 amide bonds. The third-order valence-electron chi connectivity index (χ3n) is 3.78. The average molecular weight is 374 g/mol. The van der Waals surface area contributed by atoms with E-state index in [1.807, 2.05) is 42.7 Å². The number of anilines is 1. The Labute approximate surface area is 157 Å². The molecule has 2 aromatic rings. The molecule has 138 valence electrons. The van der Waals surface area contributed by atoms with E-state index in [0.717, 1.165) is 10.5 Å². The van der Waals surface area contributed by atoms with Crippen LogP contribution in [0.3, 0.4) is 0 Å². The molecule has 0 spiro atoms. The van der Waals surface area contributed by atoms with Crippen molar-refractivity contribution in [1.29, 1.82) is 0 Å². The van der Waals surface area contributed by atoms with Crippen LogP contribution in [0.2, 0.25) is 0 Å². The van der Waals surface area contributed by atoms with Gasteiger partial charge in [-0.15, -0.1) is 11.8 Å². The summed E-state index contributed by atoms with van der Waals surface area (Å²) in [6, 6.07) is 14.7. The van der Waals surface area contributed by atoms with E-state index in [0.29, 0.717) is 11.4 Å². The zero-order chi connectivity index (χ0) is 18.9. The van der Waals surface area contributed by atoms with Crippen LogP contribution in [0.15, 0.2) is 53.4 Å². The summed E-state index contributed by atoms with van der Waals surface area (Å²) in [5, 5.41) is 5.23. The predicted molar refractivity (Wildman–Crippen MR) is 103 cm³/mol. The molecule has 0 aromatic heterocycles. The molecular weight excluding hydrogens is 352 g/mol. The van der Waals surface area contributed by atoms with Crippen LogP contribution in [0.1, 0.15) is 11.7 Å². The zero-order valence-corrected chi connectivity index (χ0v) is 15.8. The normalized spacial score (nSPS) is 11.5. The number of rotatable bonds is 7. The summed E-state index contributed by atoms with van der Waals surface area (Å²) in [5.41, 5.74) is 1.40. The van der Waals surface area contributed by atoms with Gasteiger partial charge in [0.1, 0.15) is 11.9 Å². The summed E-state index contributed by atoms with van der Waals surface area (Å²) in [4.78, 5) is 25.2. The minimum absolute atomic E-state index is 0.146. The lowest BCUT2D eigenvalue weighted by molar-refractivity contribution is -0.136. The molecule has 0 bridgehead atoms. The molecule has 6 nitrogen and oxygen atoms in total. The molecule has 1 atom stereocenters. The van der Waals surface area contributed by atoms with Crippen molar-refractivity contribution in [2.75, 3.05) is 32.3 Å². The van der Waals surface area contributed by atoms with Gasteiger partial charge in [-0.1, -0.05) is 30.3 Å². The maximum absolute atomic E-state index is 12.1. The van der Waals surface area contributed by atoms with Gasteiger partial charge in [-0.05, 0) is 24.5 Å². The second-order valence-corrected chi connectivity index (χ2v) is 6.18. The fraction of sp³-hybridized carbons (Fsp3) is 0.263. The van der Waals surface area contributed by atoms with Crippen molar-refractivity contribution in [1.82, 2.24) is 5.32 Å². The summed E-state index contributed by atoms with van der Waals surface area (Å²) < 4.78 is 10.7. The molecule has 0 aliphatic heterocycles. The van der Waals surface area contributed by atoms with E-state index < -0.39 is 17.9 Å². The molecule has 1 unspecified atom stereocenters. The Morgan fingerprint density at radius 3 is 2.42 bits per heavy atom. The molecule has 2 rings (SSSR count). The molecule has 0 aliphatic rings. The van der Waals surface area contributed by atoms with Gasteiger partial charge < -0.3 is 20.1 Å². The van der Waals surface area contributed by atoms with Gasteiger partial charge in [-0.25, -0.2) is 0 Å². The molecule has 0 heterocycles. The van der Waals surface area contributed by atoms with E-state index in [4.69, 9.17) is 9.47 Å². The van der Waals surface area contributed by atoms with Crippen molar-refractivity contribution >= 4 is 29.3 Å². The minimum atomic E-state index is -0.724. The van der Waals surface area contributed by atoms with Crippen LogP contribution in [0, 0.1) is 0 Å². The molecule has 2 aromatic carbocycles. The molecule has 0 saturated heterocycles. The van der Waals surface area contributed by atoms with Crippen molar-refractivity contribution in [3.8, 4) is 5.75 Å². The SMILES string of the molecule is COc1ccccc1C(CNC(=O)C(=O)Nc1ccccc1SC)OC. The van der Waals surface area contributed by atoms with Gasteiger partial charge in [0.15, 0.2) is 0 Å². The predicted octanol–water partition coefficient (Wildman–Crippen LogP) is 2.86. The van der Waals surface area contributed by atoms with E-state index in [9.17, 15) is 9.59 Å². The Hall–Kier alpha value is -2.51. The highest BCUT2D eigenvalue weighted by Gasteiger charge is 2.20. The van der Waals surface area contributed by atoms with Crippen LogP contribution in [0.25, 0.3) is 0 Å². The number of hydrogen-bond acceptors (Lipinski definition) is 5. The largest absolute Gasteiger partial charge is 0.496 e. The average Bonchev–Trinajstić information content (AvgIpc) is 2.68. The van der Waals surface area contributed by atoms with Gasteiger partial charge >= 0.3 is 11.8 Å². The standard InChI is InChI=1S/C19H22N2O4S/c1-24-15-10-6-4-8-13(15)16(25-2)12-20-18(22)19(23)21-14-9-5-7-11-17(14)26-3/h4-11,16H,12H2,1-3H3,(H,20,22)(H,21,23). The Bertz CT molecular complexity index is 767. The monoisotopic (exact) mass is 374 g/mol. The van der Waals surface area contributed by atoms with Gasteiger partial charge in [0.05, 0.1) is 12.8 Å². The topological polar surface area (TPSA) is 76.7 Å². The maximum atomic E-state index is 12.1. The number of amides is 2. The van der Waals surface area contributed by atoms with Crippen molar-refractivity contribution in [2.45, 2.75) is 11.0 Å². The van der Waals surface area contributed by atoms with Gasteiger partial charge in [0.2, 0.25) is 0 Å². The number of ether oxygens (including phenoxy) is 2. The van der Waals surface area contributed by atoms with E-state index in [2.05, 4.69) is 10.6 Å². The fourth-order valence-corrected chi connectivity index (χ4v) is 3.00. The maximum Gasteiger partial charge on any atom is 0.313 e. The highest BCUT2D eigenvalue weighted by molar-refractivity contribution is 7.98. The molecule has 0 saturated carbocycles. The lowest BCUT2D eigenvalue weighted by atomic mass is 10.1. The van der Waals surface area contributed by atoms with Crippen LogP contribution in [0.5, 0.6) is 5.75 Å². The molecule has 0 fully saturated rings. The quantitative estimate of drug-likeness (QED) is 0.576. The lowest BCUT2D eigenvalue weighted by Gasteiger charge is -2.19. The number of methoxy groups -OCH3 is 2. The number of benzene rings is 2. The minimum Gasteiger partial charge on any atom is -0.496 e. The smallest absolute Gasteiger partial charge is 0.313 e. The first-order valence-electron chi connectivity index (χ1n) is 7.98. The summed E-state index contributed by atoms with van der Waals surface area (Å²) in [6.45, 7) is 0.146. The number of para-hydroxylation sites is 2. The molecule has 0 aliphatic carbocycles.